The first kappa shape index (κ1) is 12.5. The van der Waals surface area contributed by atoms with Crippen molar-refractivity contribution in [2.24, 2.45) is 5.73 Å². The van der Waals surface area contributed by atoms with Crippen molar-refractivity contribution in [3.05, 3.63) is 35.6 Å². The highest BCUT2D eigenvalue weighted by Crippen LogP contribution is 2.23. The monoisotopic (exact) mass is 236 g/mol. The van der Waals surface area contributed by atoms with Crippen molar-refractivity contribution in [2.45, 2.75) is 31.7 Å². The van der Waals surface area contributed by atoms with Gasteiger partial charge in [0, 0.05) is 12.6 Å². The molecule has 1 fully saturated rings. The molecule has 0 bridgehead atoms. The van der Waals surface area contributed by atoms with E-state index in [1.165, 1.54) is 37.8 Å². The van der Waals surface area contributed by atoms with Crippen molar-refractivity contribution in [1.82, 2.24) is 4.90 Å². The zero-order valence-corrected chi connectivity index (χ0v) is 10.2. The van der Waals surface area contributed by atoms with Crippen LogP contribution in [-0.4, -0.2) is 24.5 Å². The first-order valence-electron chi connectivity index (χ1n) is 6.51. The summed E-state index contributed by atoms with van der Waals surface area (Å²) in [7, 11) is 0. The Hall–Kier alpha value is -0.930. The average molecular weight is 236 g/mol. The van der Waals surface area contributed by atoms with E-state index in [-0.39, 0.29) is 11.9 Å². The number of hydrogen-bond donors (Lipinski definition) is 1. The maximum atomic E-state index is 12.9. The topological polar surface area (TPSA) is 29.3 Å². The van der Waals surface area contributed by atoms with Gasteiger partial charge in [0.1, 0.15) is 5.82 Å². The van der Waals surface area contributed by atoms with Gasteiger partial charge in [0.25, 0.3) is 0 Å². The fraction of sp³-hybridized carbons (Fsp3) is 0.571. The maximum Gasteiger partial charge on any atom is 0.123 e. The molecule has 94 valence electrons. The van der Waals surface area contributed by atoms with Crippen LogP contribution in [0.25, 0.3) is 0 Å². The summed E-state index contributed by atoms with van der Waals surface area (Å²) in [6, 6.07) is 7.01. The second-order valence-electron chi connectivity index (χ2n) is 4.75. The van der Waals surface area contributed by atoms with Gasteiger partial charge in [0.05, 0.1) is 0 Å². The standard InChI is InChI=1S/C14H21FN2/c15-13-7-5-12(6-8-13)14(11-16)17-9-3-1-2-4-10-17/h5-8,14H,1-4,9-11,16H2/t14-/m1/s1. The predicted octanol–water partition coefficient (Wildman–Crippen LogP) is 2.70. The molecular weight excluding hydrogens is 215 g/mol. The quantitative estimate of drug-likeness (QED) is 0.874. The Balaban J connectivity index is 2.11. The largest absolute Gasteiger partial charge is 0.329 e. The lowest BCUT2D eigenvalue weighted by Crippen LogP contribution is -2.34. The van der Waals surface area contributed by atoms with E-state index in [4.69, 9.17) is 5.73 Å². The summed E-state index contributed by atoms with van der Waals surface area (Å²) in [5.74, 6) is -0.180. The third-order valence-corrected chi connectivity index (χ3v) is 3.56. The van der Waals surface area contributed by atoms with E-state index >= 15 is 0 Å². The first-order chi connectivity index (χ1) is 8.31. The van der Waals surface area contributed by atoms with Gasteiger partial charge in [-0.2, -0.15) is 0 Å². The van der Waals surface area contributed by atoms with E-state index in [9.17, 15) is 4.39 Å². The summed E-state index contributed by atoms with van der Waals surface area (Å²) in [6.45, 7) is 2.82. The van der Waals surface area contributed by atoms with Crippen LogP contribution in [-0.2, 0) is 0 Å². The Labute approximate surface area is 103 Å². The molecule has 1 atom stereocenters. The minimum absolute atomic E-state index is 0.180. The molecule has 0 aliphatic carbocycles. The molecule has 1 aromatic rings. The van der Waals surface area contributed by atoms with Gasteiger partial charge >= 0.3 is 0 Å². The van der Waals surface area contributed by atoms with Crippen molar-refractivity contribution >= 4 is 0 Å². The van der Waals surface area contributed by atoms with Gasteiger partial charge < -0.3 is 5.73 Å². The van der Waals surface area contributed by atoms with Crippen LogP contribution in [0.1, 0.15) is 37.3 Å². The Morgan fingerprint density at radius 2 is 1.65 bits per heavy atom. The summed E-state index contributed by atoms with van der Waals surface area (Å²) >= 11 is 0. The highest BCUT2D eigenvalue weighted by Gasteiger charge is 2.19. The molecule has 1 aromatic carbocycles. The summed E-state index contributed by atoms with van der Waals surface area (Å²) < 4.78 is 12.9. The van der Waals surface area contributed by atoms with Gasteiger partial charge in [-0.3, -0.25) is 4.90 Å². The van der Waals surface area contributed by atoms with Gasteiger partial charge in [-0.05, 0) is 43.6 Å². The van der Waals surface area contributed by atoms with Crippen molar-refractivity contribution in [1.29, 1.82) is 0 Å². The number of likely N-dealkylation sites (tertiary alicyclic amines) is 1. The van der Waals surface area contributed by atoms with Gasteiger partial charge in [-0.25, -0.2) is 4.39 Å². The van der Waals surface area contributed by atoms with Crippen LogP contribution in [0, 0.1) is 5.82 Å². The highest BCUT2D eigenvalue weighted by molar-refractivity contribution is 5.20. The van der Waals surface area contributed by atoms with Crippen molar-refractivity contribution in [2.75, 3.05) is 19.6 Å². The van der Waals surface area contributed by atoms with Crippen molar-refractivity contribution in [3.63, 3.8) is 0 Å². The van der Waals surface area contributed by atoms with Crippen molar-refractivity contribution in [3.8, 4) is 0 Å². The zero-order chi connectivity index (χ0) is 12.1. The number of rotatable bonds is 3. The normalized spacial score (nSPS) is 19.9. The second-order valence-corrected chi connectivity index (χ2v) is 4.75. The maximum absolute atomic E-state index is 12.9. The van der Waals surface area contributed by atoms with Gasteiger partial charge in [-0.15, -0.1) is 0 Å². The van der Waals surface area contributed by atoms with Gasteiger partial charge in [-0.1, -0.05) is 25.0 Å². The second kappa shape index (κ2) is 6.12. The molecule has 2 nitrogen and oxygen atoms in total. The molecule has 0 spiro atoms. The van der Waals surface area contributed by atoms with E-state index in [1.807, 2.05) is 12.1 Å². The molecule has 1 aliphatic heterocycles. The molecule has 2 rings (SSSR count). The Morgan fingerprint density at radius 3 is 2.18 bits per heavy atom. The molecule has 0 aromatic heterocycles. The van der Waals surface area contributed by atoms with Crippen LogP contribution < -0.4 is 5.73 Å². The molecule has 0 radical (unpaired) electrons. The lowest BCUT2D eigenvalue weighted by molar-refractivity contribution is 0.209. The van der Waals surface area contributed by atoms with Crippen LogP contribution in [0.2, 0.25) is 0 Å². The zero-order valence-electron chi connectivity index (χ0n) is 10.2. The lowest BCUT2D eigenvalue weighted by atomic mass is 10.0. The molecule has 3 heteroatoms. The number of benzene rings is 1. The van der Waals surface area contributed by atoms with Crippen LogP contribution in [0.4, 0.5) is 4.39 Å². The molecule has 0 saturated carbocycles. The Morgan fingerprint density at radius 1 is 1.06 bits per heavy atom. The third-order valence-electron chi connectivity index (χ3n) is 3.56. The number of halogens is 1. The summed E-state index contributed by atoms with van der Waals surface area (Å²) in [6.07, 6.45) is 5.13. The Bertz CT molecular complexity index is 329. The summed E-state index contributed by atoms with van der Waals surface area (Å²) in [5.41, 5.74) is 7.02. The first-order valence-corrected chi connectivity index (χ1v) is 6.51. The van der Waals surface area contributed by atoms with Crippen LogP contribution in [0.5, 0.6) is 0 Å². The minimum atomic E-state index is -0.180. The fourth-order valence-electron chi connectivity index (χ4n) is 2.59. The molecule has 1 heterocycles. The Kier molecular flexibility index (Phi) is 4.51. The summed E-state index contributed by atoms with van der Waals surface area (Å²) in [5, 5.41) is 0. The van der Waals surface area contributed by atoms with Crippen LogP contribution in [0.15, 0.2) is 24.3 Å². The van der Waals surface area contributed by atoms with E-state index in [0.717, 1.165) is 18.7 Å². The molecule has 0 unspecified atom stereocenters. The fourth-order valence-corrected chi connectivity index (χ4v) is 2.59. The molecule has 17 heavy (non-hydrogen) atoms. The number of hydrogen-bond acceptors (Lipinski definition) is 2. The minimum Gasteiger partial charge on any atom is -0.329 e. The van der Waals surface area contributed by atoms with Crippen LogP contribution in [0.3, 0.4) is 0 Å². The van der Waals surface area contributed by atoms with E-state index in [1.54, 1.807) is 0 Å². The van der Waals surface area contributed by atoms with Crippen molar-refractivity contribution < 1.29 is 4.39 Å². The average Bonchev–Trinajstić information content (AvgIpc) is 2.62. The SMILES string of the molecule is NC[C@H](c1ccc(F)cc1)N1CCCCCC1. The molecular formula is C14H21FN2. The number of nitrogens with two attached hydrogens (primary N) is 1. The molecule has 1 aliphatic rings. The smallest absolute Gasteiger partial charge is 0.123 e. The van der Waals surface area contributed by atoms with E-state index in [2.05, 4.69) is 4.90 Å². The molecule has 0 amide bonds. The number of nitrogens with zero attached hydrogens (tertiary/aromatic N) is 1. The highest BCUT2D eigenvalue weighted by atomic mass is 19.1. The van der Waals surface area contributed by atoms with Gasteiger partial charge in [0.15, 0.2) is 0 Å². The van der Waals surface area contributed by atoms with Crippen LogP contribution >= 0.6 is 0 Å². The lowest BCUT2D eigenvalue weighted by Gasteiger charge is -2.30. The molecule has 1 saturated heterocycles. The third kappa shape index (κ3) is 3.27. The van der Waals surface area contributed by atoms with E-state index in [0.29, 0.717) is 6.54 Å². The van der Waals surface area contributed by atoms with E-state index < -0.39 is 0 Å². The predicted molar refractivity (Wildman–Crippen MR) is 68.2 cm³/mol. The van der Waals surface area contributed by atoms with Gasteiger partial charge in [0.2, 0.25) is 0 Å². The summed E-state index contributed by atoms with van der Waals surface area (Å²) in [4.78, 5) is 2.44. The molecule has 2 N–H and O–H groups in total.